The second-order valence-electron chi connectivity index (χ2n) is 4.39. The van der Waals surface area contributed by atoms with Crippen molar-refractivity contribution in [2.24, 2.45) is 17.6 Å². The second kappa shape index (κ2) is 5.95. The molecule has 1 rings (SSSR count). The molecule has 3 N–H and O–H groups in total. The van der Waals surface area contributed by atoms with E-state index in [1.807, 2.05) is 14.0 Å². The molecule has 0 bridgehead atoms. The van der Waals surface area contributed by atoms with Crippen LogP contribution in [-0.4, -0.2) is 37.6 Å². The van der Waals surface area contributed by atoms with Crippen LogP contribution in [-0.2, 0) is 0 Å². The molecule has 15 heavy (non-hydrogen) atoms. The van der Waals surface area contributed by atoms with Gasteiger partial charge in [-0.05, 0) is 38.1 Å². The average Bonchev–Trinajstić information content (AvgIpc) is 2.71. The second-order valence-corrected chi connectivity index (χ2v) is 4.39. The fourth-order valence-electron chi connectivity index (χ4n) is 2.19. The van der Waals surface area contributed by atoms with Crippen LogP contribution >= 0.6 is 0 Å². The van der Waals surface area contributed by atoms with Crippen molar-refractivity contribution in [2.75, 3.05) is 26.7 Å². The Labute approximate surface area is 92.2 Å². The molecule has 4 nitrogen and oxygen atoms in total. The third kappa shape index (κ3) is 3.38. The third-order valence-corrected chi connectivity index (χ3v) is 3.46. The summed E-state index contributed by atoms with van der Waals surface area (Å²) in [6.07, 6.45) is 3.69. The molecule has 0 heterocycles. The molecule has 0 aliphatic heterocycles. The van der Waals surface area contributed by atoms with Gasteiger partial charge in [-0.2, -0.15) is 0 Å². The fourth-order valence-corrected chi connectivity index (χ4v) is 2.19. The van der Waals surface area contributed by atoms with Crippen molar-refractivity contribution in [1.82, 2.24) is 10.2 Å². The van der Waals surface area contributed by atoms with Gasteiger partial charge in [0, 0.05) is 20.1 Å². The standard InChI is InChI=1S/C11H23N3O/c1-3-14(2)11(15)13-8-10-6-4-5-9(10)7-12/h9-10H,3-8,12H2,1-2H3,(H,13,15). The van der Waals surface area contributed by atoms with E-state index in [1.165, 1.54) is 19.3 Å². The number of nitrogens with one attached hydrogen (secondary N) is 1. The van der Waals surface area contributed by atoms with E-state index in [0.29, 0.717) is 11.8 Å². The fraction of sp³-hybridized carbons (Fsp3) is 0.909. The van der Waals surface area contributed by atoms with Crippen LogP contribution in [0.15, 0.2) is 0 Å². The van der Waals surface area contributed by atoms with Crippen LogP contribution < -0.4 is 11.1 Å². The summed E-state index contributed by atoms with van der Waals surface area (Å²) in [6.45, 7) is 4.25. The summed E-state index contributed by atoms with van der Waals surface area (Å²) < 4.78 is 0. The van der Waals surface area contributed by atoms with Crippen LogP contribution in [0, 0.1) is 11.8 Å². The minimum atomic E-state index is 0.0279. The van der Waals surface area contributed by atoms with E-state index in [4.69, 9.17) is 5.73 Å². The Morgan fingerprint density at radius 3 is 2.73 bits per heavy atom. The predicted molar refractivity (Wildman–Crippen MR) is 61.6 cm³/mol. The Balaban J connectivity index is 2.27. The van der Waals surface area contributed by atoms with E-state index in [2.05, 4.69) is 5.32 Å². The summed E-state index contributed by atoms with van der Waals surface area (Å²) in [6, 6.07) is 0.0279. The first-order valence-corrected chi connectivity index (χ1v) is 5.88. The lowest BCUT2D eigenvalue weighted by Gasteiger charge is -2.21. The summed E-state index contributed by atoms with van der Waals surface area (Å²) in [7, 11) is 1.81. The average molecular weight is 213 g/mol. The smallest absolute Gasteiger partial charge is 0.317 e. The molecule has 88 valence electrons. The van der Waals surface area contributed by atoms with Gasteiger partial charge in [0.15, 0.2) is 0 Å². The number of urea groups is 1. The van der Waals surface area contributed by atoms with Gasteiger partial charge in [0.1, 0.15) is 0 Å². The van der Waals surface area contributed by atoms with Gasteiger partial charge >= 0.3 is 6.03 Å². The van der Waals surface area contributed by atoms with Crippen molar-refractivity contribution < 1.29 is 4.79 Å². The Kier molecular flexibility index (Phi) is 4.88. The number of carbonyl (C=O) groups is 1. The molecule has 0 aromatic rings. The van der Waals surface area contributed by atoms with Crippen molar-refractivity contribution in [3.63, 3.8) is 0 Å². The molecule has 1 fully saturated rings. The summed E-state index contributed by atoms with van der Waals surface area (Å²) in [5.41, 5.74) is 5.69. The van der Waals surface area contributed by atoms with Crippen molar-refractivity contribution in [2.45, 2.75) is 26.2 Å². The summed E-state index contributed by atoms with van der Waals surface area (Å²) in [5, 5.41) is 2.97. The van der Waals surface area contributed by atoms with Gasteiger partial charge in [-0.15, -0.1) is 0 Å². The zero-order valence-corrected chi connectivity index (χ0v) is 9.83. The van der Waals surface area contributed by atoms with Crippen LogP contribution in [0.2, 0.25) is 0 Å². The lowest BCUT2D eigenvalue weighted by molar-refractivity contribution is 0.207. The molecule has 1 saturated carbocycles. The van der Waals surface area contributed by atoms with Gasteiger partial charge in [0.2, 0.25) is 0 Å². The highest BCUT2D eigenvalue weighted by Gasteiger charge is 2.26. The van der Waals surface area contributed by atoms with Crippen LogP contribution in [0.25, 0.3) is 0 Å². The van der Waals surface area contributed by atoms with Gasteiger partial charge in [-0.25, -0.2) is 4.79 Å². The normalized spacial score (nSPS) is 25.3. The van der Waals surface area contributed by atoms with Crippen molar-refractivity contribution in [1.29, 1.82) is 0 Å². The largest absolute Gasteiger partial charge is 0.338 e. The highest BCUT2D eigenvalue weighted by molar-refractivity contribution is 5.73. The Bertz CT molecular complexity index is 208. The minimum Gasteiger partial charge on any atom is -0.338 e. The summed E-state index contributed by atoms with van der Waals surface area (Å²) >= 11 is 0. The first-order valence-electron chi connectivity index (χ1n) is 5.88. The van der Waals surface area contributed by atoms with Crippen molar-refractivity contribution in [3.05, 3.63) is 0 Å². The monoisotopic (exact) mass is 213 g/mol. The topological polar surface area (TPSA) is 58.4 Å². The summed E-state index contributed by atoms with van der Waals surface area (Å²) in [4.78, 5) is 13.2. The third-order valence-electron chi connectivity index (χ3n) is 3.46. The quantitative estimate of drug-likeness (QED) is 0.732. The molecule has 0 saturated heterocycles. The van der Waals surface area contributed by atoms with Gasteiger partial charge in [-0.3, -0.25) is 0 Å². The maximum absolute atomic E-state index is 11.5. The predicted octanol–water partition coefficient (Wildman–Crippen LogP) is 1.02. The summed E-state index contributed by atoms with van der Waals surface area (Å²) in [5.74, 6) is 1.20. The first-order chi connectivity index (χ1) is 7.19. The SMILES string of the molecule is CCN(C)C(=O)NCC1CCCC1CN. The molecule has 2 amide bonds. The van der Waals surface area contributed by atoms with Crippen molar-refractivity contribution in [3.8, 4) is 0 Å². The molecule has 0 aromatic carbocycles. The number of nitrogens with zero attached hydrogens (tertiary/aromatic N) is 1. The molecule has 4 heteroatoms. The van der Waals surface area contributed by atoms with Crippen LogP contribution in [0.1, 0.15) is 26.2 Å². The van der Waals surface area contributed by atoms with E-state index < -0.39 is 0 Å². The van der Waals surface area contributed by atoms with Crippen LogP contribution in [0.4, 0.5) is 4.79 Å². The van der Waals surface area contributed by atoms with Gasteiger partial charge < -0.3 is 16.0 Å². The van der Waals surface area contributed by atoms with E-state index in [9.17, 15) is 4.79 Å². The number of hydrogen-bond donors (Lipinski definition) is 2. The highest BCUT2D eigenvalue weighted by atomic mass is 16.2. The number of amides is 2. The zero-order valence-electron chi connectivity index (χ0n) is 9.83. The van der Waals surface area contributed by atoms with E-state index in [0.717, 1.165) is 19.6 Å². The number of nitrogens with two attached hydrogens (primary N) is 1. The lowest BCUT2D eigenvalue weighted by atomic mass is 9.96. The number of carbonyl (C=O) groups excluding carboxylic acids is 1. The van der Waals surface area contributed by atoms with Crippen LogP contribution in [0.5, 0.6) is 0 Å². The molecule has 1 aliphatic carbocycles. The Hall–Kier alpha value is -0.770. The van der Waals surface area contributed by atoms with E-state index in [-0.39, 0.29) is 6.03 Å². The number of rotatable bonds is 4. The first kappa shape index (κ1) is 12.3. The number of hydrogen-bond acceptors (Lipinski definition) is 2. The molecular weight excluding hydrogens is 190 g/mol. The zero-order chi connectivity index (χ0) is 11.3. The maximum Gasteiger partial charge on any atom is 0.317 e. The van der Waals surface area contributed by atoms with E-state index >= 15 is 0 Å². The Morgan fingerprint density at radius 2 is 2.13 bits per heavy atom. The maximum atomic E-state index is 11.5. The van der Waals surface area contributed by atoms with Gasteiger partial charge in [-0.1, -0.05) is 6.42 Å². The highest BCUT2D eigenvalue weighted by Crippen LogP contribution is 2.30. The molecule has 0 radical (unpaired) electrons. The molecule has 0 spiro atoms. The van der Waals surface area contributed by atoms with Crippen molar-refractivity contribution >= 4 is 6.03 Å². The minimum absolute atomic E-state index is 0.0279. The van der Waals surface area contributed by atoms with Gasteiger partial charge in [0.25, 0.3) is 0 Å². The molecular formula is C11H23N3O. The molecule has 2 unspecified atom stereocenters. The Morgan fingerprint density at radius 1 is 1.47 bits per heavy atom. The molecule has 0 aromatic heterocycles. The molecule has 1 aliphatic rings. The van der Waals surface area contributed by atoms with E-state index in [1.54, 1.807) is 4.90 Å². The molecule has 2 atom stereocenters. The van der Waals surface area contributed by atoms with Crippen LogP contribution in [0.3, 0.4) is 0 Å². The lowest BCUT2D eigenvalue weighted by Crippen LogP contribution is -2.40. The van der Waals surface area contributed by atoms with Gasteiger partial charge in [0.05, 0.1) is 0 Å².